The first kappa shape index (κ1) is 10.4. The van der Waals surface area contributed by atoms with E-state index in [-0.39, 0.29) is 12.6 Å². The molecule has 0 saturated heterocycles. The molecule has 0 spiro atoms. The number of anilines is 1. The molecule has 0 aromatic carbocycles. The predicted molar refractivity (Wildman–Crippen MR) is 54.5 cm³/mol. The summed E-state index contributed by atoms with van der Waals surface area (Å²) in [6, 6.07) is 0.209. The molecule has 1 unspecified atom stereocenters. The number of hydrogen-bond acceptors (Lipinski definition) is 4. The molecular formula is C8H12BrN3O. The van der Waals surface area contributed by atoms with Gasteiger partial charge >= 0.3 is 0 Å². The molecule has 1 rings (SSSR count). The van der Waals surface area contributed by atoms with Crippen molar-refractivity contribution in [3.05, 3.63) is 17.0 Å². The highest BCUT2D eigenvalue weighted by molar-refractivity contribution is 9.10. The first-order chi connectivity index (χ1) is 6.22. The summed E-state index contributed by atoms with van der Waals surface area (Å²) in [5.41, 5.74) is 0. The highest BCUT2D eigenvalue weighted by Gasteiger charge is 2.01. The Hall–Kier alpha value is -0.680. The van der Waals surface area contributed by atoms with Crippen LogP contribution in [0.15, 0.2) is 17.0 Å². The van der Waals surface area contributed by atoms with Crippen molar-refractivity contribution >= 4 is 21.7 Å². The zero-order chi connectivity index (χ0) is 9.68. The SMILES string of the molecule is CC(CCO)Nc1cnc(Br)cn1. The Kier molecular flexibility index (Phi) is 4.11. The van der Waals surface area contributed by atoms with Crippen molar-refractivity contribution in [2.75, 3.05) is 11.9 Å². The number of nitrogens with zero attached hydrogens (tertiary/aromatic N) is 2. The lowest BCUT2D eigenvalue weighted by Gasteiger charge is -2.11. The third-order valence-electron chi connectivity index (χ3n) is 1.58. The standard InChI is InChI=1S/C8H12BrN3O/c1-6(2-3-13)12-8-5-10-7(9)4-11-8/h4-6,13H,2-3H2,1H3,(H,11,12). The van der Waals surface area contributed by atoms with E-state index in [1.165, 1.54) is 0 Å². The summed E-state index contributed by atoms with van der Waals surface area (Å²) in [5, 5.41) is 11.8. The van der Waals surface area contributed by atoms with Gasteiger partial charge in [0.1, 0.15) is 10.4 Å². The molecule has 13 heavy (non-hydrogen) atoms. The zero-order valence-electron chi connectivity index (χ0n) is 7.37. The van der Waals surface area contributed by atoms with Gasteiger partial charge in [0.05, 0.1) is 12.4 Å². The van der Waals surface area contributed by atoms with Gasteiger partial charge in [0.15, 0.2) is 0 Å². The Morgan fingerprint density at radius 2 is 2.31 bits per heavy atom. The van der Waals surface area contributed by atoms with Crippen LogP contribution in [0.2, 0.25) is 0 Å². The molecule has 0 fully saturated rings. The second-order valence-corrected chi connectivity index (χ2v) is 3.59. The van der Waals surface area contributed by atoms with Crippen LogP contribution in [0.3, 0.4) is 0 Å². The van der Waals surface area contributed by atoms with Crippen molar-refractivity contribution in [1.29, 1.82) is 0 Å². The van der Waals surface area contributed by atoms with Crippen LogP contribution in [0.1, 0.15) is 13.3 Å². The summed E-state index contributed by atoms with van der Waals surface area (Å²) >= 11 is 3.20. The van der Waals surface area contributed by atoms with Gasteiger partial charge in [-0.15, -0.1) is 0 Å². The molecule has 0 radical (unpaired) electrons. The Bertz CT molecular complexity index is 252. The Labute approximate surface area is 85.5 Å². The number of nitrogens with one attached hydrogen (secondary N) is 1. The monoisotopic (exact) mass is 245 g/mol. The topological polar surface area (TPSA) is 58.0 Å². The van der Waals surface area contributed by atoms with Crippen LogP contribution in [0.4, 0.5) is 5.82 Å². The van der Waals surface area contributed by atoms with E-state index in [9.17, 15) is 0 Å². The summed E-state index contributed by atoms with van der Waals surface area (Å²) in [5.74, 6) is 0.726. The van der Waals surface area contributed by atoms with E-state index in [1.807, 2.05) is 6.92 Å². The van der Waals surface area contributed by atoms with Gasteiger partial charge in [-0.2, -0.15) is 0 Å². The van der Waals surface area contributed by atoms with E-state index < -0.39 is 0 Å². The third kappa shape index (κ3) is 3.69. The summed E-state index contributed by atoms with van der Waals surface area (Å²) < 4.78 is 0.716. The molecule has 1 atom stereocenters. The fourth-order valence-corrected chi connectivity index (χ4v) is 1.11. The molecule has 72 valence electrons. The van der Waals surface area contributed by atoms with Crippen LogP contribution in [-0.4, -0.2) is 27.7 Å². The lowest BCUT2D eigenvalue weighted by molar-refractivity contribution is 0.282. The van der Waals surface area contributed by atoms with Crippen LogP contribution in [0.5, 0.6) is 0 Å². The second kappa shape index (κ2) is 5.14. The second-order valence-electron chi connectivity index (χ2n) is 2.78. The lowest BCUT2D eigenvalue weighted by Crippen LogP contribution is -2.17. The molecule has 1 aromatic heterocycles. The molecule has 0 saturated carbocycles. The summed E-state index contributed by atoms with van der Waals surface area (Å²) in [7, 11) is 0. The largest absolute Gasteiger partial charge is 0.396 e. The molecule has 0 aliphatic rings. The molecular weight excluding hydrogens is 234 g/mol. The molecule has 2 N–H and O–H groups in total. The van der Waals surface area contributed by atoms with Gasteiger partial charge in [-0.25, -0.2) is 9.97 Å². The van der Waals surface area contributed by atoms with Gasteiger partial charge < -0.3 is 10.4 Å². The number of aliphatic hydroxyl groups is 1. The molecule has 5 heteroatoms. The number of hydrogen-bond donors (Lipinski definition) is 2. The van der Waals surface area contributed by atoms with E-state index in [4.69, 9.17) is 5.11 Å². The van der Waals surface area contributed by atoms with Gasteiger partial charge in [-0.05, 0) is 29.3 Å². The van der Waals surface area contributed by atoms with Crippen LogP contribution in [0.25, 0.3) is 0 Å². The smallest absolute Gasteiger partial charge is 0.144 e. The van der Waals surface area contributed by atoms with Gasteiger partial charge in [-0.3, -0.25) is 0 Å². The highest BCUT2D eigenvalue weighted by Crippen LogP contribution is 2.07. The molecule has 1 heterocycles. The van der Waals surface area contributed by atoms with E-state index >= 15 is 0 Å². The van der Waals surface area contributed by atoms with E-state index in [0.717, 1.165) is 5.82 Å². The first-order valence-corrected chi connectivity index (χ1v) is 4.86. The van der Waals surface area contributed by atoms with Crippen molar-refractivity contribution in [3.8, 4) is 0 Å². The van der Waals surface area contributed by atoms with Crippen molar-refractivity contribution in [2.45, 2.75) is 19.4 Å². The zero-order valence-corrected chi connectivity index (χ0v) is 8.95. The summed E-state index contributed by atoms with van der Waals surface area (Å²) in [4.78, 5) is 8.12. The highest BCUT2D eigenvalue weighted by atomic mass is 79.9. The number of aliphatic hydroxyl groups excluding tert-OH is 1. The van der Waals surface area contributed by atoms with Crippen LogP contribution < -0.4 is 5.32 Å². The maximum absolute atomic E-state index is 8.68. The number of halogens is 1. The molecule has 0 aliphatic carbocycles. The Morgan fingerprint density at radius 1 is 1.54 bits per heavy atom. The maximum Gasteiger partial charge on any atom is 0.144 e. The molecule has 0 bridgehead atoms. The third-order valence-corrected chi connectivity index (χ3v) is 1.99. The van der Waals surface area contributed by atoms with Crippen molar-refractivity contribution in [1.82, 2.24) is 9.97 Å². The van der Waals surface area contributed by atoms with Crippen LogP contribution >= 0.6 is 15.9 Å². The molecule has 4 nitrogen and oxygen atoms in total. The molecule has 0 aliphatic heterocycles. The van der Waals surface area contributed by atoms with Gasteiger partial charge in [0.25, 0.3) is 0 Å². The number of aromatic nitrogens is 2. The van der Waals surface area contributed by atoms with Gasteiger partial charge in [-0.1, -0.05) is 0 Å². The minimum absolute atomic E-state index is 0.179. The Balaban J connectivity index is 2.49. The first-order valence-electron chi connectivity index (χ1n) is 4.07. The average molecular weight is 246 g/mol. The van der Waals surface area contributed by atoms with Crippen molar-refractivity contribution < 1.29 is 5.11 Å². The van der Waals surface area contributed by atoms with Crippen molar-refractivity contribution in [3.63, 3.8) is 0 Å². The molecule has 1 aromatic rings. The average Bonchev–Trinajstić information content (AvgIpc) is 2.09. The minimum Gasteiger partial charge on any atom is -0.396 e. The Morgan fingerprint density at radius 3 is 2.85 bits per heavy atom. The fraction of sp³-hybridized carbons (Fsp3) is 0.500. The van der Waals surface area contributed by atoms with E-state index in [0.29, 0.717) is 11.0 Å². The number of rotatable bonds is 4. The quantitative estimate of drug-likeness (QED) is 0.843. The van der Waals surface area contributed by atoms with E-state index in [2.05, 4.69) is 31.2 Å². The predicted octanol–water partition coefficient (Wildman–Crippen LogP) is 1.42. The van der Waals surface area contributed by atoms with E-state index in [1.54, 1.807) is 12.4 Å². The maximum atomic E-state index is 8.68. The minimum atomic E-state index is 0.179. The van der Waals surface area contributed by atoms with Gasteiger partial charge in [0, 0.05) is 12.6 Å². The van der Waals surface area contributed by atoms with Gasteiger partial charge in [0.2, 0.25) is 0 Å². The lowest BCUT2D eigenvalue weighted by atomic mass is 10.2. The fourth-order valence-electron chi connectivity index (χ4n) is 0.905. The van der Waals surface area contributed by atoms with Crippen LogP contribution in [-0.2, 0) is 0 Å². The normalized spacial score (nSPS) is 12.5. The summed E-state index contributed by atoms with van der Waals surface area (Å²) in [6.45, 7) is 2.16. The molecule has 0 amide bonds. The summed E-state index contributed by atoms with van der Waals surface area (Å²) in [6.07, 6.45) is 3.99. The van der Waals surface area contributed by atoms with Crippen LogP contribution in [0, 0.1) is 0 Å². The van der Waals surface area contributed by atoms with Crippen molar-refractivity contribution in [2.24, 2.45) is 0 Å².